The number of sulfone groups is 1. The molecular formula is C21H21BrFN3O3S. The smallest absolute Gasteiger partial charge is 0.243 e. The first-order valence-electron chi connectivity index (χ1n) is 9.12. The number of amides is 1. The number of para-hydroxylation sites is 2. The van der Waals surface area contributed by atoms with Crippen LogP contribution >= 0.6 is 15.9 Å². The molecule has 0 aliphatic heterocycles. The summed E-state index contributed by atoms with van der Waals surface area (Å²) in [5.74, 6) is -0.700. The maximum Gasteiger partial charge on any atom is 0.243 e. The first-order valence-corrected chi connectivity index (χ1v) is 12.0. The van der Waals surface area contributed by atoms with Crippen LogP contribution in [0.2, 0.25) is 0 Å². The van der Waals surface area contributed by atoms with Crippen LogP contribution in [0, 0.1) is 5.82 Å². The summed E-state index contributed by atoms with van der Waals surface area (Å²) in [4.78, 5) is 19.0. The number of imidazole rings is 1. The van der Waals surface area contributed by atoms with Gasteiger partial charge in [-0.3, -0.25) is 4.79 Å². The highest BCUT2D eigenvalue weighted by molar-refractivity contribution is 9.10. The van der Waals surface area contributed by atoms with Gasteiger partial charge in [-0.25, -0.2) is 17.8 Å². The first-order chi connectivity index (χ1) is 14.2. The van der Waals surface area contributed by atoms with Crippen LogP contribution in [0.25, 0.3) is 11.0 Å². The lowest BCUT2D eigenvalue weighted by atomic mass is 10.2. The van der Waals surface area contributed by atoms with Crippen molar-refractivity contribution < 1.29 is 17.6 Å². The summed E-state index contributed by atoms with van der Waals surface area (Å²) in [7, 11) is -3.35. The highest BCUT2D eigenvalue weighted by Gasteiger charge is 2.21. The standard InChI is InChI=1S/C21H21BrFN3O3S/c1-3-10-25(12-15-11-16(22)8-9-17(15)23)21(27)13-26-19-7-5-4-6-18(19)24-20(26)14-30(2,28)29/h3-9,11H,1,10,12-14H2,2H3. The van der Waals surface area contributed by atoms with E-state index in [4.69, 9.17) is 0 Å². The predicted octanol–water partition coefficient (Wildman–Crippen LogP) is 3.70. The molecule has 2 aromatic carbocycles. The van der Waals surface area contributed by atoms with Gasteiger partial charge in [-0.05, 0) is 30.3 Å². The van der Waals surface area contributed by atoms with Crippen molar-refractivity contribution in [3.63, 3.8) is 0 Å². The fourth-order valence-corrected chi connectivity index (χ4v) is 4.26. The first kappa shape index (κ1) is 22.2. The van der Waals surface area contributed by atoms with Gasteiger partial charge in [0.2, 0.25) is 5.91 Å². The molecule has 1 heterocycles. The molecule has 0 radical (unpaired) electrons. The predicted molar refractivity (Wildman–Crippen MR) is 118 cm³/mol. The zero-order chi connectivity index (χ0) is 21.9. The van der Waals surface area contributed by atoms with Gasteiger partial charge in [0, 0.05) is 29.4 Å². The molecule has 0 atom stereocenters. The molecule has 0 unspecified atom stereocenters. The van der Waals surface area contributed by atoms with Crippen LogP contribution < -0.4 is 0 Å². The van der Waals surface area contributed by atoms with E-state index in [0.29, 0.717) is 26.9 Å². The second kappa shape index (κ2) is 9.09. The van der Waals surface area contributed by atoms with Crippen molar-refractivity contribution in [1.29, 1.82) is 0 Å². The van der Waals surface area contributed by atoms with E-state index in [0.717, 1.165) is 6.26 Å². The van der Waals surface area contributed by atoms with Crippen LogP contribution in [0.4, 0.5) is 4.39 Å². The van der Waals surface area contributed by atoms with E-state index in [2.05, 4.69) is 27.5 Å². The number of rotatable bonds is 8. The Balaban J connectivity index is 1.94. The molecule has 3 aromatic rings. The molecule has 6 nitrogen and oxygen atoms in total. The average Bonchev–Trinajstić information content (AvgIpc) is 2.99. The summed E-state index contributed by atoms with van der Waals surface area (Å²) in [6.07, 6.45) is 2.69. The molecule has 0 spiro atoms. The monoisotopic (exact) mass is 493 g/mol. The maximum absolute atomic E-state index is 14.2. The van der Waals surface area contributed by atoms with E-state index >= 15 is 0 Å². The Bertz CT molecular complexity index is 1210. The summed E-state index contributed by atoms with van der Waals surface area (Å²) < 4.78 is 40.2. The average molecular weight is 494 g/mol. The quantitative estimate of drug-likeness (QED) is 0.448. The van der Waals surface area contributed by atoms with Crippen molar-refractivity contribution in [2.45, 2.75) is 18.8 Å². The minimum Gasteiger partial charge on any atom is -0.333 e. The Morgan fingerprint density at radius 3 is 2.73 bits per heavy atom. The number of benzene rings is 2. The lowest BCUT2D eigenvalue weighted by Gasteiger charge is -2.22. The van der Waals surface area contributed by atoms with Gasteiger partial charge in [0.05, 0.1) is 11.0 Å². The summed E-state index contributed by atoms with van der Waals surface area (Å²) in [6, 6.07) is 11.7. The largest absolute Gasteiger partial charge is 0.333 e. The molecule has 0 fully saturated rings. The molecule has 0 N–H and O–H groups in total. The second-order valence-corrected chi connectivity index (χ2v) is 10.0. The summed E-state index contributed by atoms with van der Waals surface area (Å²) in [6.45, 7) is 3.85. The fraction of sp³-hybridized carbons (Fsp3) is 0.238. The van der Waals surface area contributed by atoms with Gasteiger partial charge in [-0.15, -0.1) is 6.58 Å². The summed E-state index contributed by atoms with van der Waals surface area (Å²) in [5, 5.41) is 0. The van der Waals surface area contributed by atoms with Crippen LogP contribution in [-0.4, -0.2) is 41.6 Å². The van der Waals surface area contributed by atoms with E-state index in [-0.39, 0.29) is 31.3 Å². The van der Waals surface area contributed by atoms with Gasteiger partial charge in [0.15, 0.2) is 9.84 Å². The van der Waals surface area contributed by atoms with Gasteiger partial charge >= 0.3 is 0 Å². The number of carbonyl (C=O) groups is 1. The minimum absolute atomic E-state index is 0.0597. The SMILES string of the molecule is C=CCN(Cc1cc(Br)ccc1F)C(=O)Cn1c(CS(C)(=O)=O)nc2ccccc21. The zero-order valence-corrected chi connectivity index (χ0v) is 18.8. The molecule has 3 rings (SSSR count). The molecule has 158 valence electrons. The van der Waals surface area contributed by atoms with Gasteiger partial charge < -0.3 is 9.47 Å². The lowest BCUT2D eigenvalue weighted by molar-refractivity contribution is -0.131. The molecule has 1 amide bonds. The summed E-state index contributed by atoms with van der Waals surface area (Å²) >= 11 is 3.32. The number of aromatic nitrogens is 2. The third-order valence-corrected chi connectivity index (χ3v) is 5.77. The zero-order valence-electron chi connectivity index (χ0n) is 16.4. The second-order valence-electron chi connectivity index (χ2n) is 6.97. The Labute approximate surface area is 183 Å². The third kappa shape index (κ3) is 5.34. The van der Waals surface area contributed by atoms with Crippen LogP contribution in [0.3, 0.4) is 0 Å². The number of hydrogen-bond acceptors (Lipinski definition) is 4. The molecule has 0 aliphatic rings. The number of nitrogens with zero attached hydrogens (tertiary/aromatic N) is 3. The molecule has 9 heteroatoms. The van der Waals surface area contributed by atoms with Crippen molar-refractivity contribution >= 4 is 42.7 Å². The molecule has 0 bridgehead atoms. The summed E-state index contributed by atoms with van der Waals surface area (Å²) in [5.41, 5.74) is 1.64. The normalized spacial score (nSPS) is 11.6. The fourth-order valence-electron chi connectivity index (χ4n) is 3.16. The highest BCUT2D eigenvalue weighted by Crippen LogP contribution is 2.20. The van der Waals surface area contributed by atoms with Crippen LogP contribution in [0.15, 0.2) is 59.6 Å². The Kier molecular flexibility index (Phi) is 6.72. The van der Waals surface area contributed by atoms with Crippen molar-refractivity contribution in [3.8, 4) is 0 Å². The van der Waals surface area contributed by atoms with Gasteiger partial charge in [-0.1, -0.05) is 34.1 Å². The lowest BCUT2D eigenvalue weighted by Crippen LogP contribution is -2.34. The molecule has 0 saturated heterocycles. The van der Waals surface area contributed by atoms with E-state index < -0.39 is 15.7 Å². The van der Waals surface area contributed by atoms with Crippen molar-refractivity contribution in [2.75, 3.05) is 12.8 Å². The topological polar surface area (TPSA) is 72.3 Å². The van der Waals surface area contributed by atoms with Gasteiger partial charge in [-0.2, -0.15) is 0 Å². The molecule has 0 saturated carbocycles. The third-order valence-electron chi connectivity index (χ3n) is 4.49. The number of halogens is 2. The van der Waals surface area contributed by atoms with Crippen LogP contribution in [0.5, 0.6) is 0 Å². The molecule has 1 aromatic heterocycles. The van der Waals surface area contributed by atoms with Crippen molar-refractivity contribution in [1.82, 2.24) is 14.5 Å². The molecular weight excluding hydrogens is 473 g/mol. The number of fused-ring (bicyclic) bond motifs is 1. The minimum atomic E-state index is -3.35. The number of hydrogen-bond donors (Lipinski definition) is 0. The Morgan fingerprint density at radius 2 is 2.03 bits per heavy atom. The van der Waals surface area contributed by atoms with Crippen LogP contribution in [0.1, 0.15) is 11.4 Å². The Morgan fingerprint density at radius 1 is 1.30 bits per heavy atom. The Hall–Kier alpha value is -2.52. The van der Waals surface area contributed by atoms with Crippen LogP contribution in [-0.2, 0) is 33.5 Å². The van der Waals surface area contributed by atoms with Crippen molar-refractivity contribution in [3.05, 3.63) is 76.8 Å². The number of carbonyl (C=O) groups excluding carboxylic acids is 1. The highest BCUT2D eigenvalue weighted by atomic mass is 79.9. The van der Waals surface area contributed by atoms with E-state index in [1.54, 1.807) is 47.0 Å². The van der Waals surface area contributed by atoms with E-state index in [1.165, 1.54) is 11.0 Å². The van der Waals surface area contributed by atoms with E-state index in [1.807, 2.05) is 0 Å². The molecule has 30 heavy (non-hydrogen) atoms. The maximum atomic E-state index is 14.2. The van der Waals surface area contributed by atoms with Gasteiger partial charge in [0.1, 0.15) is 23.9 Å². The van der Waals surface area contributed by atoms with E-state index in [9.17, 15) is 17.6 Å². The van der Waals surface area contributed by atoms with Gasteiger partial charge in [0.25, 0.3) is 0 Å². The van der Waals surface area contributed by atoms with Crippen molar-refractivity contribution in [2.24, 2.45) is 0 Å². The molecule has 0 aliphatic carbocycles.